The topological polar surface area (TPSA) is 71.0 Å². The number of amides is 1. The lowest BCUT2D eigenvalue weighted by Gasteiger charge is -2.30. The summed E-state index contributed by atoms with van der Waals surface area (Å²) in [4.78, 5) is 16.8. The van der Waals surface area contributed by atoms with Gasteiger partial charge < -0.3 is 34.5 Å². The number of rotatable bonds is 7. The number of ether oxygens (including phenoxy) is 2. The Morgan fingerprint density at radius 2 is 1.83 bits per heavy atom. The second-order valence-electron chi connectivity index (χ2n) is 10.7. The first-order valence-corrected chi connectivity index (χ1v) is 14.1. The van der Waals surface area contributed by atoms with Crippen molar-refractivity contribution in [1.82, 2.24) is 14.4 Å². The number of likely N-dealkylation sites (tertiary alicyclic amines) is 1. The summed E-state index contributed by atoms with van der Waals surface area (Å²) < 4.78 is 52.8. The van der Waals surface area contributed by atoms with Crippen molar-refractivity contribution in [2.24, 2.45) is 0 Å². The molecular weight excluding hydrogens is 547 g/mol. The first-order chi connectivity index (χ1) is 20.2. The predicted molar refractivity (Wildman–Crippen MR) is 157 cm³/mol. The summed E-state index contributed by atoms with van der Waals surface area (Å²) in [5.41, 5.74) is 2.74. The monoisotopic (exact) mass is 583 g/mol. The van der Waals surface area contributed by atoms with Crippen LogP contribution in [-0.2, 0) is 11.3 Å². The molecule has 0 unspecified atom stereocenters. The number of fused-ring (bicyclic) bond motifs is 1. The van der Waals surface area contributed by atoms with Crippen LogP contribution in [0.15, 0.2) is 42.5 Å². The van der Waals surface area contributed by atoms with Gasteiger partial charge >= 0.3 is 6.18 Å². The third kappa shape index (κ3) is 7.12. The van der Waals surface area contributed by atoms with Crippen molar-refractivity contribution in [2.45, 2.75) is 31.6 Å². The highest BCUT2D eigenvalue weighted by molar-refractivity contribution is 5.95. The molecule has 0 aliphatic carbocycles. The quantitative estimate of drug-likeness (QED) is 0.395. The van der Waals surface area contributed by atoms with E-state index in [0.29, 0.717) is 54.5 Å². The van der Waals surface area contributed by atoms with Crippen LogP contribution < -0.4 is 15.4 Å². The number of aromatic nitrogens is 1. The highest BCUT2D eigenvalue weighted by Gasteiger charge is 2.30. The van der Waals surface area contributed by atoms with E-state index >= 15 is 0 Å². The molecule has 2 aliphatic rings. The molecule has 11 heteroatoms. The van der Waals surface area contributed by atoms with Crippen molar-refractivity contribution in [3.8, 4) is 17.6 Å². The van der Waals surface area contributed by atoms with E-state index in [1.807, 2.05) is 6.07 Å². The summed E-state index contributed by atoms with van der Waals surface area (Å²) in [6, 6.07) is 12.5. The van der Waals surface area contributed by atoms with Crippen molar-refractivity contribution in [3.05, 3.63) is 53.7 Å². The van der Waals surface area contributed by atoms with Crippen LogP contribution in [0.25, 0.3) is 10.9 Å². The molecule has 1 aromatic heterocycles. The molecule has 42 heavy (non-hydrogen) atoms. The van der Waals surface area contributed by atoms with Crippen molar-refractivity contribution >= 4 is 28.2 Å². The van der Waals surface area contributed by atoms with Gasteiger partial charge in [0.05, 0.1) is 43.8 Å². The van der Waals surface area contributed by atoms with Gasteiger partial charge in [-0.25, -0.2) is 0 Å². The number of methoxy groups -OCH3 is 1. The highest BCUT2D eigenvalue weighted by Crippen LogP contribution is 2.31. The fourth-order valence-electron chi connectivity index (χ4n) is 5.43. The molecule has 0 bridgehead atoms. The number of halogens is 3. The molecule has 2 saturated heterocycles. The molecule has 2 aromatic carbocycles. The number of alkyl halides is 3. The SMILES string of the molecule is COc1cc(C(=O)N2CCOCC2)ccc1NCC#Cc1cc2c(NC3CCN(C)CC3)cccc2n1CC(F)(F)F. The summed E-state index contributed by atoms with van der Waals surface area (Å²) >= 11 is 0. The van der Waals surface area contributed by atoms with Gasteiger partial charge in [0.25, 0.3) is 5.91 Å². The zero-order valence-corrected chi connectivity index (χ0v) is 23.9. The van der Waals surface area contributed by atoms with Crippen molar-refractivity contribution < 1.29 is 27.4 Å². The zero-order chi connectivity index (χ0) is 29.7. The van der Waals surface area contributed by atoms with Crippen LogP contribution in [0.3, 0.4) is 0 Å². The Kier molecular flexibility index (Phi) is 9.14. The zero-order valence-electron chi connectivity index (χ0n) is 23.9. The lowest BCUT2D eigenvalue weighted by Crippen LogP contribution is -2.40. The molecule has 0 radical (unpaired) electrons. The number of hydrogen-bond acceptors (Lipinski definition) is 6. The van der Waals surface area contributed by atoms with Gasteiger partial charge in [-0.1, -0.05) is 12.0 Å². The second-order valence-corrected chi connectivity index (χ2v) is 10.7. The molecule has 0 saturated carbocycles. The maximum atomic E-state index is 13.6. The van der Waals surface area contributed by atoms with Gasteiger partial charge in [-0.15, -0.1) is 0 Å². The minimum atomic E-state index is -4.40. The van der Waals surface area contributed by atoms with Crippen LogP contribution in [0.4, 0.5) is 24.5 Å². The Balaban J connectivity index is 1.33. The van der Waals surface area contributed by atoms with E-state index in [2.05, 4.69) is 34.4 Å². The predicted octanol–water partition coefficient (Wildman–Crippen LogP) is 4.65. The lowest BCUT2D eigenvalue weighted by molar-refractivity contribution is -0.140. The van der Waals surface area contributed by atoms with Gasteiger partial charge in [0.15, 0.2) is 0 Å². The van der Waals surface area contributed by atoms with Crippen LogP contribution in [0.1, 0.15) is 28.9 Å². The van der Waals surface area contributed by atoms with Gasteiger partial charge in [-0.2, -0.15) is 13.2 Å². The normalized spacial score (nSPS) is 16.6. The molecule has 3 heterocycles. The summed E-state index contributed by atoms with van der Waals surface area (Å²) in [5.74, 6) is 6.29. The summed E-state index contributed by atoms with van der Waals surface area (Å²) in [6.07, 6.45) is -2.45. The van der Waals surface area contributed by atoms with E-state index in [4.69, 9.17) is 9.47 Å². The summed E-state index contributed by atoms with van der Waals surface area (Å²) in [5, 5.41) is 7.44. The fourth-order valence-corrected chi connectivity index (χ4v) is 5.43. The number of morpholine rings is 1. The Bertz CT molecular complexity index is 1460. The van der Waals surface area contributed by atoms with E-state index in [0.717, 1.165) is 37.0 Å². The van der Waals surface area contributed by atoms with Crippen LogP contribution in [-0.4, -0.2) is 92.6 Å². The Labute approximate surface area is 243 Å². The number of carbonyl (C=O) groups excluding carboxylic acids is 1. The Morgan fingerprint density at radius 3 is 2.55 bits per heavy atom. The molecule has 0 spiro atoms. The maximum Gasteiger partial charge on any atom is 0.406 e. The van der Waals surface area contributed by atoms with E-state index in [9.17, 15) is 18.0 Å². The average molecular weight is 584 g/mol. The number of nitrogens with one attached hydrogen (secondary N) is 2. The largest absolute Gasteiger partial charge is 0.495 e. The van der Waals surface area contributed by atoms with Gasteiger partial charge in [-0.3, -0.25) is 4.79 Å². The lowest BCUT2D eigenvalue weighted by atomic mass is 10.0. The third-order valence-electron chi connectivity index (χ3n) is 7.69. The number of benzene rings is 2. The first-order valence-electron chi connectivity index (χ1n) is 14.1. The van der Waals surface area contributed by atoms with Crippen molar-refractivity contribution in [3.63, 3.8) is 0 Å². The van der Waals surface area contributed by atoms with E-state index < -0.39 is 12.7 Å². The van der Waals surface area contributed by atoms with Gasteiger partial charge in [-0.05, 0) is 75.3 Å². The fraction of sp³-hybridized carbons (Fsp3) is 0.452. The van der Waals surface area contributed by atoms with E-state index in [1.165, 1.54) is 11.7 Å². The third-order valence-corrected chi connectivity index (χ3v) is 7.69. The Morgan fingerprint density at radius 1 is 1.07 bits per heavy atom. The van der Waals surface area contributed by atoms with Crippen molar-refractivity contribution in [2.75, 3.05) is 70.7 Å². The molecule has 5 rings (SSSR count). The van der Waals surface area contributed by atoms with Crippen molar-refractivity contribution in [1.29, 1.82) is 0 Å². The van der Waals surface area contributed by atoms with Crippen LogP contribution >= 0.6 is 0 Å². The molecular formula is C31H36F3N5O3. The molecule has 2 fully saturated rings. The average Bonchev–Trinajstić information content (AvgIpc) is 3.33. The van der Waals surface area contributed by atoms with E-state index in [-0.39, 0.29) is 18.5 Å². The maximum absolute atomic E-state index is 13.6. The smallest absolute Gasteiger partial charge is 0.406 e. The minimum absolute atomic E-state index is 0.0925. The number of anilines is 2. The number of piperidine rings is 1. The molecule has 0 atom stereocenters. The van der Waals surface area contributed by atoms with Crippen LogP contribution in [0, 0.1) is 11.8 Å². The second kappa shape index (κ2) is 13.0. The summed E-state index contributed by atoms with van der Waals surface area (Å²) in [6.45, 7) is 3.10. The molecule has 8 nitrogen and oxygen atoms in total. The summed E-state index contributed by atoms with van der Waals surface area (Å²) in [7, 11) is 3.61. The van der Waals surface area contributed by atoms with Crippen LogP contribution in [0.2, 0.25) is 0 Å². The number of nitrogens with zero attached hydrogens (tertiary/aromatic N) is 3. The highest BCUT2D eigenvalue weighted by atomic mass is 19.4. The minimum Gasteiger partial charge on any atom is -0.495 e. The van der Waals surface area contributed by atoms with Gasteiger partial charge in [0.2, 0.25) is 0 Å². The molecule has 1 amide bonds. The van der Waals surface area contributed by atoms with E-state index in [1.54, 1.807) is 41.3 Å². The molecule has 224 valence electrons. The molecule has 3 aromatic rings. The first kappa shape index (κ1) is 29.6. The number of carbonyl (C=O) groups is 1. The Hall–Kier alpha value is -3.88. The van der Waals surface area contributed by atoms with Crippen LogP contribution in [0.5, 0.6) is 5.75 Å². The van der Waals surface area contributed by atoms with Gasteiger partial charge in [0.1, 0.15) is 12.3 Å². The van der Waals surface area contributed by atoms with Gasteiger partial charge in [0, 0.05) is 35.8 Å². The molecule has 2 aliphatic heterocycles. The molecule has 2 N–H and O–H groups in total. The standard InChI is InChI=1S/C31H36F3N5O3/c1-37-13-10-23(11-14-37)36-26-6-3-7-28-25(26)20-24(39(28)21-31(32,33)34)5-4-12-35-27-9-8-22(19-29(27)41-2)30(40)38-15-17-42-18-16-38/h3,6-9,19-20,23,35-36H,10-18,21H2,1-2H3. The number of hydrogen-bond donors (Lipinski definition) is 2.